The SMILES string of the molecule is Cc1c(Cl)ccc2[nH]c([C@]34CC[C@H]3CCN4)nc12. The fourth-order valence-electron chi connectivity index (χ4n) is 3.52. The van der Waals surface area contributed by atoms with Crippen molar-refractivity contribution in [3.63, 3.8) is 0 Å². The van der Waals surface area contributed by atoms with E-state index < -0.39 is 0 Å². The second-order valence-corrected chi connectivity index (χ2v) is 5.98. The van der Waals surface area contributed by atoms with E-state index in [-0.39, 0.29) is 5.54 Å². The van der Waals surface area contributed by atoms with Gasteiger partial charge in [-0.15, -0.1) is 0 Å². The molecule has 4 rings (SSSR count). The highest BCUT2D eigenvalue weighted by Crippen LogP contribution is 2.50. The summed E-state index contributed by atoms with van der Waals surface area (Å²) in [4.78, 5) is 8.32. The van der Waals surface area contributed by atoms with E-state index in [0.717, 1.165) is 39.9 Å². The van der Waals surface area contributed by atoms with Crippen molar-refractivity contribution >= 4 is 22.6 Å². The molecule has 0 radical (unpaired) electrons. The molecule has 0 spiro atoms. The van der Waals surface area contributed by atoms with Gasteiger partial charge >= 0.3 is 0 Å². The maximum Gasteiger partial charge on any atom is 0.127 e. The summed E-state index contributed by atoms with van der Waals surface area (Å²) in [6.45, 7) is 3.15. The number of nitrogens with zero attached hydrogens (tertiary/aromatic N) is 1. The second-order valence-electron chi connectivity index (χ2n) is 5.58. The number of imidazole rings is 1. The van der Waals surface area contributed by atoms with Gasteiger partial charge in [0.2, 0.25) is 0 Å². The van der Waals surface area contributed by atoms with Crippen LogP contribution in [0.2, 0.25) is 5.02 Å². The Morgan fingerprint density at radius 3 is 3.00 bits per heavy atom. The molecule has 1 aromatic heterocycles. The molecule has 4 heteroatoms. The molecule has 1 aromatic carbocycles. The lowest BCUT2D eigenvalue weighted by Crippen LogP contribution is -2.49. The smallest absolute Gasteiger partial charge is 0.127 e. The number of halogens is 1. The molecule has 2 heterocycles. The average Bonchev–Trinajstić information content (AvgIpc) is 2.88. The highest BCUT2D eigenvalue weighted by atomic mass is 35.5. The standard InChI is InChI=1S/C14H16ClN3/c1-8-10(15)2-3-11-12(8)18-13(17-11)14-6-4-9(14)5-7-16-14/h2-3,9,16H,4-7H2,1H3,(H,17,18)/t9-,14-/m0/s1. The summed E-state index contributed by atoms with van der Waals surface area (Å²) in [7, 11) is 0. The van der Waals surface area contributed by atoms with Crippen molar-refractivity contribution in [1.82, 2.24) is 15.3 Å². The maximum absolute atomic E-state index is 6.16. The Kier molecular flexibility index (Phi) is 2.10. The Morgan fingerprint density at radius 2 is 2.28 bits per heavy atom. The van der Waals surface area contributed by atoms with Crippen molar-refractivity contribution < 1.29 is 0 Å². The van der Waals surface area contributed by atoms with Crippen LogP contribution in [0.4, 0.5) is 0 Å². The Bertz CT molecular complexity index is 633. The molecule has 1 saturated heterocycles. The number of nitrogens with one attached hydrogen (secondary N) is 2. The molecule has 3 nitrogen and oxygen atoms in total. The summed E-state index contributed by atoms with van der Waals surface area (Å²) >= 11 is 6.16. The van der Waals surface area contributed by atoms with Crippen LogP contribution in [-0.4, -0.2) is 16.5 Å². The molecule has 1 aliphatic heterocycles. The summed E-state index contributed by atoms with van der Waals surface area (Å²) in [6.07, 6.45) is 3.80. The summed E-state index contributed by atoms with van der Waals surface area (Å²) < 4.78 is 0. The zero-order valence-electron chi connectivity index (χ0n) is 10.4. The summed E-state index contributed by atoms with van der Waals surface area (Å²) in [5.41, 5.74) is 3.31. The van der Waals surface area contributed by atoms with E-state index >= 15 is 0 Å². The first-order chi connectivity index (χ1) is 8.71. The van der Waals surface area contributed by atoms with Gasteiger partial charge in [0.25, 0.3) is 0 Å². The monoisotopic (exact) mass is 261 g/mol. The van der Waals surface area contributed by atoms with Gasteiger partial charge in [-0.2, -0.15) is 0 Å². The van der Waals surface area contributed by atoms with E-state index in [9.17, 15) is 0 Å². The minimum atomic E-state index is 0.123. The second kappa shape index (κ2) is 3.49. The van der Waals surface area contributed by atoms with Gasteiger partial charge in [-0.3, -0.25) is 0 Å². The number of aromatic amines is 1. The summed E-state index contributed by atoms with van der Waals surface area (Å²) in [5.74, 6) is 1.87. The number of H-pyrrole nitrogens is 1. The van der Waals surface area contributed by atoms with Gasteiger partial charge in [0.05, 0.1) is 16.6 Å². The molecule has 0 amide bonds. The molecule has 1 aliphatic carbocycles. The van der Waals surface area contributed by atoms with Crippen molar-refractivity contribution in [3.8, 4) is 0 Å². The van der Waals surface area contributed by atoms with E-state index in [1.54, 1.807) is 0 Å². The lowest BCUT2D eigenvalue weighted by molar-refractivity contribution is 0.126. The highest BCUT2D eigenvalue weighted by molar-refractivity contribution is 6.32. The van der Waals surface area contributed by atoms with Crippen LogP contribution in [0.3, 0.4) is 0 Å². The first-order valence-electron chi connectivity index (χ1n) is 6.61. The lowest BCUT2D eigenvalue weighted by Gasteiger charge is -2.43. The number of aromatic nitrogens is 2. The third kappa shape index (κ3) is 1.21. The van der Waals surface area contributed by atoms with E-state index in [1.807, 2.05) is 19.1 Å². The topological polar surface area (TPSA) is 40.7 Å². The van der Waals surface area contributed by atoms with Gasteiger partial charge in [0, 0.05) is 5.02 Å². The van der Waals surface area contributed by atoms with Gasteiger partial charge in [-0.05, 0) is 56.3 Å². The van der Waals surface area contributed by atoms with Crippen LogP contribution in [-0.2, 0) is 5.54 Å². The Labute approximate surface area is 111 Å². The van der Waals surface area contributed by atoms with Crippen molar-refractivity contribution in [1.29, 1.82) is 0 Å². The Balaban J connectivity index is 1.90. The van der Waals surface area contributed by atoms with Crippen LogP contribution in [0.1, 0.15) is 30.7 Å². The van der Waals surface area contributed by atoms with Gasteiger partial charge < -0.3 is 10.3 Å². The molecule has 2 aromatic rings. The van der Waals surface area contributed by atoms with Crippen molar-refractivity contribution in [3.05, 3.63) is 28.5 Å². The fourth-order valence-corrected chi connectivity index (χ4v) is 3.68. The predicted octanol–water partition coefficient (Wildman–Crippen LogP) is 3.12. The average molecular weight is 262 g/mol. The van der Waals surface area contributed by atoms with Crippen molar-refractivity contribution in [2.24, 2.45) is 5.92 Å². The molecule has 0 unspecified atom stereocenters. The molecule has 2 atom stereocenters. The number of fused-ring (bicyclic) bond motifs is 2. The number of hydrogen-bond acceptors (Lipinski definition) is 2. The third-order valence-electron chi connectivity index (χ3n) is 4.78. The Morgan fingerprint density at radius 1 is 1.39 bits per heavy atom. The molecule has 1 saturated carbocycles. The molecule has 94 valence electrons. The van der Waals surface area contributed by atoms with E-state index in [2.05, 4.69) is 10.3 Å². The number of benzene rings is 1. The van der Waals surface area contributed by atoms with E-state index in [1.165, 1.54) is 19.3 Å². The number of rotatable bonds is 1. The highest BCUT2D eigenvalue weighted by Gasteiger charge is 2.52. The lowest BCUT2D eigenvalue weighted by atomic mass is 9.67. The largest absolute Gasteiger partial charge is 0.340 e. The molecule has 2 aliphatic rings. The zero-order chi connectivity index (χ0) is 12.3. The molecule has 2 fully saturated rings. The van der Waals surface area contributed by atoms with Crippen molar-refractivity contribution in [2.75, 3.05) is 6.54 Å². The van der Waals surface area contributed by atoms with E-state index in [4.69, 9.17) is 16.6 Å². The van der Waals surface area contributed by atoms with Crippen LogP contribution in [0, 0.1) is 12.8 Å². The molecule has 0 bridgehead atoms. The third-order valence-corrected chi connectivity index (χ3v) is 5.19. The first kappa shape index (κ1) is 10.8. The number of hydrogen-bond donors (Lipinski definition) is 2. The van der Waals surface area contributed by atoms with Gasteiger partial charge in [-0.25, -0.2) is 4.98 Å². The van der Waals surface area contributed by atoms with Crippen molar-refractivity contribution in [2.45, 2.75) is 31.7 Å². The van der Waals surface area contributed by atoms with Crippen LogP contribution >= 0.6 is 11.6 Å². The predicted molar refractivity (Wildman–Crippen MR) is 72.9 cm³/mol. The van der Waals surface area contributed by atoms with Gasteiger partial charge in [-0.1, -0.05) is 11.6 Å². The fraction of sp³-hybridized carbons (Fsp3) is 0.500. The van der Waals surface area contributed by atoms with Crippen LogP contribution < -0.4 is 5.32 Å². The number of aryl methyl sites for hydroxylation is 1. The maximum atomic E-state index is 6.16. The molecule has 18 heavy (non-hydrogen) atoms. The molecular weight excluding hydrogens is 246 g/mol. The molecular formula is C14H16ClN3. The minimum absolute atomic E-state index is 0.123. The quantitative estimate of drug-likeness (QED) is 0.828. The van der Waals surface area contributed by atoms with Gasteiger partial charge in [0.15, 0.2) is 0 Å². The Hall–Kier alpha value is -1.06. The summed E-state index contributed by atoms with van der Waals surface area (Å²) in [6, 6.07) is 3.97. The first-order valence-corrected chi connectivity index (χ1v) is 6.99. The molecule has 2 N–H and O–H groups in total. The zero-order valence-corrected chi connectivity index (χ0v) is 11.1. The van der Waals surface area contributed by atoms with Crippen LogP contribution in [0.5, 0.6) is 0 Å². The normalized spacial score (nSPS) is 30.4. The van der Waals surface area contributed by atoms with Crippen LogP contribution in [0.15, 0.2) is 12.1 Å². The summed E-state index contributed by atoms with van der Waals surface area (Å²) in [5, 5.41) is 4.45. The van der Waals surface area contributed by atoms with Crippen LogP contribution in [0.25, 0.3) is 11.0 Å². The minimum Gasteiger partial charge on any atom is -0.340 e. The van der Waals surface area contributed by atoms with Gasteiger partial charge in [0.1, 0.15) is 5.82 Å². The van der Waals surface area contributed by atoms with E-state index in [0.29, 0.717) is 0 Å².